The van der Waals surface area contributed by atoms with E-state index in [1.165, 1.54) is 17.7 Å². The zero-order valence-corrected chi connectivity index (χ0v) is 12.6. The molecule has 1 amide bonds. The van der Waals surface area contributed by atoms with Crippen molar-refractivity contribution in [2.75, 3.05) is 0 Å². The number of hydrogen-bond acceptors (Lipinski definition) is 3. The second kappa shape index (κ2) is 7.33. The van der Waals surface area contributed by atoms with Crippen molar-refractivity contribution in [3.63, 3.8) is 0 Å². The van der Waals surface area contributed by atoms with Gasteiger partial charge in [0, 0.05) is 13.5 Å². The lowest BCUT2D eigenvalue weighted by atomic mass is 10.1. The molecule has 0 aliphatic carbocycles. The summed E-state index contributed by atoms with van der Waals surface area (Å²) in [5.41, 5.74) is 0.120. The van der Waals surface area contributed by atoms with E-state index in [2.05, 4.69) is 5.32 Å². The van der Waals surface area contributed by atoms with Crippen molar-refractivity contribution in [2.24, 2.45) is 7.05 Å². The van der Waals surface area contributed by atoms with Crippen LogP contribution in [-0.2, 0) is 16.6 Å². The summed E-state index contributed by atoms with van der Waals surface area (Å²) in [5.74, 6) is -2.90. The maximum absolute atomic E-state index is 12.0. The topological polar surface area (TPSA) is 109 Å². The molecule has 0 aromatic carbocycles. The molecular weight excluding hydrogens is 323 g/mol. The van der Waals surface area contributed by atoms with E-state index < -0.39 is 23.9 Å². The van der Waals surface area contributed by atoms with Gasteiger partial charge in [0.1, 0.15) is 16.9 Å². The predicted molar refractivity (Wildman–Crippen MR) is 75.8 cm³/mol. The first kappa shape index (κ1) is 17.3. The first-order chi connectivity index (χ1) is 9.73. The van der Waals surface area contributed by atoms with Crippen molar-refractivity contribution in [1.82, 2.24) is 9.88 Å². The molecule has 0 saturated carbocycles. The zero-order valence-electron chi connectivity index (χ0n) is 11.1. The molecule has 0 saturated heterocycles. The summed E-state index contributed by atoms with van der Waals surface area (Å²) < 4.78 is 1.33. The van der Waals surface area contributed by atoms with E-state index in [-0.39, 0.29) is 35.1 Å². The summed E-state index contributed by atoms with van der Waals surface area (Å²) in [4.78, 5) is 33.5. The van der Waals surface area contributed by atoms with Crippen molar-refractivity contribution in [3.05, 3.63) is 21.9 Å². The summed E-state index contributed by atoms with van der Waals surface area (Å²) >= 11 is 11.6. The predicted octanol–water partition coefficient (Wildman–Crippen LogP) is 1.77. The molecule has 0 unspecified atom stereocenters. The maximum Gasteiger partial charge on any atom is 0.326 e. The normalized spacial score (nSPS) is 12.0. The average Bonchev–Trinajstić information content (AvgIpc) is 2.64. The van der Waals surface area contributed by atoms with Crippen molar-refractivity contribution in [3.8, 4) is 0 Å². The third-order valence-corrected chi connectivity index (χ3v) is 3.68. The smallest absolute Gasteiger partial charge is 0.326 e. The summed E-state index contributed by atoms with van der Waals surface area (Å²) in [7, 11) is 1.52. The van der Waals surface area contributed by atoms with Crippen LogP contribution in [0.4, 0.5) is 0 Å². The summed E-state index contributed by atoms with van der Waals surface area (Å²) in [5, 5.41) is 20.2. The number of amides is 1. The third-order valence-electron chi connectivity index (χ3n) is 2.84. The van der Waals surface area contributed by atoms with Crippen molar-refractivity contribution < 1.29 is 24.6 Å². The minimum absolute atomic E-state index is 0.0132. The van der Waals surface area contributed by atoms with Crippen LogP contribution in [-0.4, -0.2) is 38.7 Å². The second-order valence-electron chi connectivity index (χ2n) is 4.38. The molecule has 1 aromatic rings. The van der Waals surface area contributed by atoms with Gasteiger partial charge in [-0.15, -0.1) is 0 Å². The number of carbonyl (C=O) groups is 3. The molecular formula is C12H14Cl2N2O5. The Kier molecular flexibility index (Phi) is 6.04. The number of carboxylic acids is 2. The van der Waals surface area contributed by atoms with Gasteiger partial charge in [-0.05, 0) is 18.9 Å². The molecule has 9 heteroatoms. The van der Waals surface area contributed by atoms with Crippen LogP contribution in [0, 0.1) is 0 Å². The first-order valence-corrected chi connectivity index (χ1v) is 6.75. The molecule has 0 fully saturated rings. The van der Waals surface area contributed by atoms with Gasteiger partial charge < -0.3 is 20.1 Å². The highest BCUT2D eigenvalue weighted by Crippen LogP contribution is 2.25. The lowest BCUT2D eigenvalue weighted by Crippen LogP contribution is -2.41. The van der Waals surface area contributed by atoms with Gasteiger partial charge in [0.15, 0.2) is 0 Å². The molecule has 21 heavy (non-hydrogen) atoms. The fourth-order valence-corrected chi connectivity index (χ4v) is 2.08. The van der Waals surface area contributed by atoms with Gasteiger partial charge in [0.25, 0.3) is 5.91 Å². The largest absolute Gasteiger partial charge is 0.481 e. The number of nitrogens with zero attached hydrogens (tertiary/aromatic N) is 1. The SMILES string of the molecule is Cn1c(C(=O)N[C@H](CCCC(=O)O)C(=O)O)cc(Cl)c1Cl. The highest BCUT2D eigenvalue weighted by atomic mass is 35.5. The quantitative estimate of drug-likeness (QED) is 0.703. The number of carbonyl (C=O) groups excluding carboxylic acids is 1. The maximum atomic E-state index is 12.0. The second-order valence-corrected chi connectivity index (χ2v) is 5.14. The molecule has 3 N–H and O–H groups in total. The lowest BCUT2D eigenvalue weighted by Gasteiger charge is -2.14. The molecule has 1 atom stereocenters. The highest BCUT2D eigenvalue weighted by molar-refractivity contribution is 6.41. The summed E-state index contributed by atoms with van der Waals surface area (Å²) in [6.45, 7) is 0. The van der Waals surface area contributed by atoms with Gasteiger partial charge in [0.2, 0.25) is 0 Å². The van der Waals surface area contributed by atoms with Crippen LogP contribution in [0.3, 0.4) is 0 Å². The standard InChI is InChI=1S/C12H14Cl2N2O5/c1-16-8(5-6(13)10(16)14)11(19)15-7(12(20)21)3-2-4-9(17)18/h5,7H,2-4H2,1H3,(H,15,19)(H,17,18)(H,20,21)/t7-/m1/s1. The lowest BCUT2D eigenvalue weighted by molar-refractivity contribution is -0.140. The number of carboxylic acid groups (broad SMARTS) is 2. The van der Waals surface area contributed by atoms with Gasteiger partial charge in [0.05, 0.1) is 5.02 Å². The van der Waals surface area contributed by atoms with Crippen LogP contribution < -0.4 is 5.32 Å². The van der Waals surface area contributed by atoms with E-state index in [1.54, 1.807) is 0 Å². The van der Waals surface area contributed by atoms with E-state index in [0.29, 0.717) is 0 Å². The zero-order chi connectivity index (χ0) is 16.2. The number of rotatable bonds is 7. The van der Waals surface area contributed by atoms with E-state index >= 15 is 0 Å². The van der Waals surface area contributed by atoms with Gasteiger partial charge >= 0.3 is 11.9 Å². The minimum atomic E-state index is -1.24. The van der Waals surface area contributed by atoms with Crippen molar-refractivity contribution in [1.29, 1.82) is 0 Å². The number of nitrogens with one attached hydrogen (secondary N) is 1. The Bertz CT molecular complexity index is 570. The van der Waals surface area contributed by atoms with Crippen LogP contribution in [0.2, 0.25) is 10.2 Å². The van der Waals surface area contributed by atoms with E-state index in [0.717, 1.165) is 0 Å². The van der Waals surface area contributed by atoms with Crippen LogP contribution in [0.15, 0.2) is 6.07 Å². The van der Waals surface area contributed by atoms with Gasteiger partial charge in [-0.3, -0.25) is 9.59 Å². The third kappa shape index (κ3) is 4.64. The summed E-state index contributed by atoms with van der Waals surface area (Å²) in [6.07, 6.45) is -0.0120. The Labute approximate surface area is 130 Å². The van der Waals surface area contributed by atoms with E-state index in [9.17, 15) is 14.4 Å². The number of hydrogen-bond donors (Lipinski definition) is 3. The average molecular weight is 337 g/mol. The molecule has 0 bridgehead atoms. The van der Waals surface area contributed by atoms with Crippen LogP contribution in [0.1, 0.15) is 29.8 Å². The monoisotopic (exact) mass is 336 g/mol. The van der Waals surface area contributed by atoms with Crippen LogP contribution >= 0.6 is 23.2 Å². The molecule has 1 rings (SSSR count). The number of aromatic nitrogens is 1. The molecule has 0 radical (unpaired) electrons. The Balaban J connectivity index is 2.74. The Morgan fingerprint density at radius 2 is 1.95 bits per heavy atom. The fourth-order valence-electron chi connectivity index (χ4n) is 1.71. The molecule has 116 valence electrons. The Morgan fingerprint density at radius 3 is 2.38 bits per heavy atom. The van der Waals surface area contributed by atoms with Gasteiger partial charge in [-0.1, -0.05) is 23.2 Å². The molecule has 0 aliphatic heterocycles. The summed E-state index contributed by atoms with van der Waals surface area (Å²) in [6, 6.07) is 0.152. The van der Waals surface area contributed by atoms with Crippen molar-refractivity contribution in [2.45, 2.75) is 25.3 Å². The Morgan fingerprint density at radius 1 is 1.33 bits per heavy atom. The van der Waals surface area contributed by atoms with Crippen LogP contribution in [0.5, 0.6) is 0 Å². The van der Waals surface area contributed by atoms with Crippen LogP contribution in [0.25, 0.3) is 0 Å². The van der Waals surface area contributed by atoms with E-state index in [4.69, 9.17) is 33.4 Å². The molecule has 0 spiro atoms. The minimum Gasteiger partial charge on any atom is -0.481 e. The molecule has 0 aliphatic rings. The van der Waals surface area contributed by atoms with Gasteiger partial charge in [-0.2, -0.15) is 0 Å². The molecule has 1 aromatic heterocycles. The highest BCUT2D eigenvalue weighted by Gasteiger charge is 2.23. The Hall–Kier alpha value is -1.73. The van der Waals surface area contributed by atoms with Crippen molar-refractivity contribution >= 4 is 41.0 Å². The van der Waals surface area contributed by atoms with E-state index in [1.807, 2.05) is 0 Å². The number of aliphatic carboxylic acids is 2. The molecule has 1 heterocycles. The number of halogens is 2. The first-order valence-electron chi connectivity index (χ1n) is 6.00. The van der Waals surface area contributed by atoms with Gasteiger partial charge in [-0.25, -0.2) is 4.79 Å². The fraction of sp³-hybridized carbons (Fsp3) is 0.417. The molecule has 7 nitrogen and oxygen atoms in total.